The molecule has 2 saturated carbocycles. The zero-order valence-electron chi connectivity index (χ0n) is 24.2. The van der Waals surface area contributed by atoms with Crippen LogP contribution in [-0.4, -0.2) is 12.6 Å². The van der Waals surface area contributed by atoms with E-state index in [4.69, 9.17) is 9.47 Å². The van der Waals surface area contributed by atoms with E-state index in [0.29, 0.717) is 55.1 Å². The summed E-state index contributed by atoms with van der Waals surface area (Å²) in [6.45, 7) is 4.93. The van der Waals surface area contributed by atoms with Crippen LogP contribution in [-0.2, 0) is 4.79 Å². The minimum atomic E-state index is -0.733. The smallest absolute Gasteiger partial charge is 0.314 e. The minimum absolute atomic E-state index is 0.0894. The van der Waals surface area contributed by atoms with Crippen molar-refractivity contribution < 1.29 is 27.4 Å². The Hall–Kier alpha value is -2.50. The third kappa shape index (κ3) is 8.04. The summed E-state index contributed by atoms with van der Waals surface area (Å²) in [4.78, 5) is 12.8. The molecule has 0 radical (unpaired) electrons. The Bertz CT molecular complexity index is 1100. The first-order valence-electron chi connectivity index (χ1n) is 15.5. The normalized spacial score (nSPS) is 23.1. The van der Waals surface area contributed by atoms with Gasteiger partial charge in [0.25, 0.3) is 0 Å². The average molecular weight is 559 g/mol. The summed E-state index contributed by atoms with van der Waals surface area (Å²) in [5, 5.41) is 0. The molecule has 0 saturated heterocycles. The summed E-state index contributed by atoms with van der Waals surface area (Å²) in [5.74, 6) is -2.03. The average Bonchev–Trinajstić information content (AvgIpc) is 2.96. The van der Waals surface area contributed by atoms with Crippen LogP contribution >= 0.6 is 0 Å². The van der Waals surface area contributed by atoms with Gasteiger partial charge in [0, 0.05) is 6.07 Å². The highest BCUT2D eigenvalue weighted by Gasteiger charge is 2.32. The highest BCUT2D eigenvalue weighted by Crippen LogP contribution is 2.41. The van der Waals surface area contributed by atoms with Gasteiger partial charge in [-0.05, 0) is 86.0 Å². The van der Waals surface area contributed by atoms with Gasteiger partial charge in [0.05, 0.1) is 12.5 Å². The molecule has 6 heteroatoms. The van der Waals surface area contributed by atoms with E-state index >= 15 is 8.78 Å². The van der Waals surface area contributed by atoms with Crippen molar-refractivity contribution in [2.45, 2.75) is 116 Å². The minimum Gasteiger partial charge on any atom is -0.493 e. The number of rotatable bonds is 12. The molecule has 4 rings (SSSR count). The molecule has 2 aliphatic carbocycles. The van der Waals surface area contributed by atoms with E-state index in [0.717, 1.165) is 38.5 Å². The first-order valence-corrected chi connectivity index (χ1v) is 15.5. The lowest BCUT2D eigenvalue weighted by Gasteiger charge is -2.29. The molecule has 2 fully saturated rings. The van der Waals surface area contributed by atoms with Crippen molar-refractivity contribution >= 4 is 5.97 Å². The lowest BCUT2D eigenvalue weighted by molar-refractivity contribution is -0.140. The van der Waals surface area contributed by atoms with Crippen LogP contribution in [0.5, 0.6) is 11.5 Å². The number of ether oxygens (including phenoxy) is 2. The van der Waals surface area contributed by atoms with Crippen molar-refractivity contribution in [2.75, 3.05) is 6.61 Å². The van der Waals surface area contributed by atoms with Gasteiger partial charge in [-0.3, -0.25) is 4.79 Å². The third-order valence-corrected chi connectivity index (χ3v) is 8.98. The van der Waals surface area contributed by atoms with Crippen molar-refractivity contribution in [3.8, 4) is 11.5 Å². The SMILES string of the molecule is CCCCCCCCOc1ccc(OC(=O)C2CCC(c3ccc(C4CCC(C)CC4)c(F)c3F)CC2)c(F)c1. The van der Waals surface area contributed by atoms with Gasteiger partial charge in [-0.1, -0.05) is 70.9 Å². The maximum absolute atomic E-state index is 15.1. The molecular formula is C34H45F3O3. The molecule has 2 aromatic rings. The second-order valence-electron chi connectivity index (χ2n) is 12.0. The van der Waals surface area contributed by atoms with E-state index in [1.807, 2.05) is 0 Å². The van der Waals surface area contributed by atoms with Crippen LogP contribution in [0.4, 0.5) is 13.2 Å². The standard InChI is InChI=1S/C34H45F3O3/c1-3-4-5-6-7-8-21-39-27-17-20-31(30(35)22-27)40-34(38)26-15-13-25(14-16-26)29-19-18-28(32(36)33(29)37)24-11-9-23(2)10-12-24/h17-20,22-26H,3-16,21H2,1-2H3. The molecule has 0 aliphatic heterocycles. The Labute approximate surface area is 237 Å². The van der Waals surface area contributed by atoms with Crippen molar-refractivity contribution in [3.63, 3.8) is 0 Å². The number of hydrogen-bond acceptors (Lipinski definition) is 3. The second kappa shape index (κ2) is 14.9. The molecule has 0 bridgehead atoms. The summed E-state index contributed by atoms with van der Waals surface area (Å²) in [7, 11) is 0. The van der Waals surface area contributed by atoms with E-state index < -0.39 is 29.3 Å². The zero-order chi connectivity index (χ0) is 28.5. The molecule has 0 spiro atoms. The number of halogens is 3. The van der Waals surface area contributed by atoms with Gasteiger partial charge < -0.3 is 9.47 Å². The van der Waals surface area contributed by atoms with E-state index in [1.54, 1.807) is 18.2 Å². The van der Waals surface area contributed by atoms with E-state index in [-0.39, 0.29) is 17.6 Å². The van der Waals surface area contributed by atoms with Crippen LogP contribution < -0.4 is 9.47 Å². The quantitative estimate of drug-likeness (QED) is 0.148. The maximum Gasteiger partial charge on any atom is 0.314 e. The molecule has 2 aromatic carbocycles. The predicted octanol–water partition coefficient (Wildman–Crippen LogP) is 10.0. The Kier molecular flexibility index (Phi) is 11.4. The summed E-state index contributed by atoms with van der Waals surface area (Å²) >= 11 is 0. The van der Waals surface area contributed by atoms with Crippen molar-refractivity contribution in [2.24, 2.45) is 11.8 Å². The third-order valence-electron chi connectivity index (χ3n) is 8.98. The van der Waals surface area contributed by atoms with Crippen LogP contribution in [0.25, 0.3) is 0 Å². The van der Waals surface area contributed by atoms with Gasteiger partial charge in [-0.2, -0.15) is 0 Å². The van der Waals surface area contributed by atoms with Crippen LogP contribution in [0.3, 0.4) is 0 Å². The number of esters is 1. The number of unbranched alkanes of at least 4 members (excludes halogenated alkanes) is 5. The molecule has 3 nitrogen and oxygen atoms in total. The van der Waals surface area contributed by atoms with Crippen molar-refractivity contribution in [3.05, 3.63) is 58.9 Å². The lowest BCUT2D eigenvalue weighted by Crippen LogP contribution is -2.26. The van der Waals surface area contributed by atoms with Crippen molar-refractivity contribution in [1.29, 1.82) is 0 Å². The maximum atomic E-state index is 15.1. The lowest BCUT2D eigenvalue weighted by atomic mass is 9.76. The van der Waals surface area contributed by atoms with Gasteiger partial charge >= 0.3 is 5.97 Å². The number of benzene rings is 2. The van der Waals surface area contributed by atoms with E-state index in [2.05, 4.69) is 13.8 Å². The number of carbonyl (C=O) groups is 1. The molecule has 0 aromatic heterocycles. The summed E-state index contributed by atoms with van der Waals surface area (Å²) < 4.78 is 55.9. The molecule has 0 heterocycles. The van der Waals surface area contributed by atoms with Gasteiger partial charge in [-0.15, -0.1) is 0 Å². The largest absolute Gasteiger partial charge is 0.493 e. The van der Waals surface area contributed by atoms with Gasteiger partial charge in [0.15, 0.2) is 23.2 Å². The highest BCUT2D eigenvalue weighted by molar-refractivity contribution is 5.75. The van der Waals surface area contributed by atoms with Gasteiger partial charge in [0.1, 0.15) is 5.75 Å². The first kappa shape index (κ1) is 30.5. The topological polar surface area (TPSA) is 35.5 Å². The first-order chi connectivity index (χ1) is 19.4. The van der Waals surface area contributed by atoms with Crippen LogP contribution in [0.15, 0.2) is 30.3 Å². The second-order valence-corrected chi connectivity index (χ2v) is 12.0. The van der Waals surface area contributed by atoms with E-state index in [1.165, 1.54) is 37.8 Å². The van der Waals surface area contributed by atoms with Crippen LogP contribution in [0.1, 0.15) is 127 Å². The van der Waals surface area contributed by atoms with Crippen molar-refractivity contribution in [1.82, 2.24) is 0 Å². The molecule has 0 N–H and O–H groups in total. The van der Waals surface area contributed by atoms with Gasteiger partial charge in [-0.25, -0.2) is 13.2 Å². The molecule has 0 amide bonds. The Morgan fingerprint density at radius 2 is 1.35 bits per heavy atom. The number of hydrogen-bond donors (Lipinski definition) is 0. The molecular weight excluding hydrogens is 513 g/mol. The fourth-order valence-corrected chi connectivity index (χ4v) is 6.34. The highest BCUT2D eigenvalue weighted by atomic mass is 19.2. The Morgan fingerprint density at radius 1 is 0.775 bits per heavy atom. The summed E-state index contributed by atoms with van der Waals surface area (Å²) in [5.41, 5.74) is 0.908. The van der Waals surface area contributed by atoms with Crippen LogP contribution in [0.2, 0.25) is 0 Å². The Morgan fingerprint density at radius 3 is 1.95 bits per heavy atom. The molecule has 0 unspecified atom stereocenters. The monoisotopic (exact) mass is 558 g/mol. The van der Waals surface area contributed by atoms with Crippen LogP contribution in [0, 0.1) is 29.3 Å². The summed E-state index contributed by atoms with van der Waals surface area (Å²) in [6, 6.07) is 7.83. The Balaban J connectivity index is 1.25. The predicted molar refractivity (Wildman–Crippen MR) is 152 cm³/mol. The zero-order valence-corrected chi connectivity index (χ0v) is 24.2. The van der Waals surface area contributed by atoms with E-state index in [9.17, 15) is 9.18 Å². The molecule has 220 valence electrons. The molecule has 2 aliphatic rings. The number of carbonyl (C=O) groups excluding carboxylic acids is 1. The van der Waals surface area contributed by atoms with Gasteiger partial charge in [0.2, 0.25) is 0 Å². The summed E-state index contributed by atoms with van der Waals surface area (Å²) in [6.07, 6.45) is 12.9. The fraction of sp³-hybridized carbons (Fsp3) is 0.618. The molecule has 0 atom stereocenters. The molecule has 40 heavy (non-hydrogen) atoms. The fourth-order valence-electron chi connectivity index (χ4n) is 6.34.